The molecule has 0 aliphatic rings. The van der Waals surface area contributed by atoms with Gasteiger partial charge in [-0.25, -0.2) is 19.1 Å². The summed E-state index contributed by atoms with van der Waals surface area (Å²) >= 11 is 0. The Morgan fingerprint density at radius 3 is 2.32 bits per heavy atom. The Bertz CT molecular complexity index is 1390. The SMILES string of the molecule is CCn1cc(-c2ccnc3c(C(=O)Nc4cc(C(=O)OC)cc(C(=O)OC)c4)cnn23)c(C)n1. The highest BCUT2D eigenvalue weighted by Gasteiger charge is 2.20. The van der Waals surface area contributed by atoms with E-state index in [9.17, 15) is 14.4 Å². The van der Waals surface area contributed by atoms with Gasteiger partial charge in [-0.05, 0) is 38.1 Å². The van der Waals surface area contributed by atoms with E-state index >= 15 is 0 Å². The normalized spacial score (nSPS) is 10.8. The smallest absolute Gasteiger partial charge is 0.337 e. The number of amides is 1. The highest BCUT2D eigenvalue weighted by molar-refractivity contribution is 6.09. The van der Waals surface area contributed by atoms with Gasteiger partial charge in [0.1, 0.15) is 5.56 Å². The van der Waals surface area contributed by atoms with Crippen molar-refractivity contribution < 1.29 is 23.9 Å². The lowest BCUT2D eigenvalue weighted by molar-refractivity contribution is 0.0599. The lowest BCUT2D eigenvalue weighted by atomic mass is 10.1. The number of methoxy groups -OCH3 is 2. The Morgan fingerprint density at radius 1 is 1.06 bits per heavy atom. The number of aromatic nitrogens is 5. The van der Waals surface area contributed by atoms with Gasteiger partial charge in [0.2, 0.25) is 0 Å². The number of anilines is 1. The first kappa shape index (κ1) is 22.6. The molecule has 0 aliphatic carbocycles. The topological polar surface area (TPSA) is 130 Å². The second-order valence-electron chi connectivity index (χ2n) is 7.34. The summed E-state index contributed by atoms with van der Waals surface area (Å²) in [6, 6.07) is 5.94. The summed E-state index contributed by atoms with van der Waals surface area (Å²) in [5, 5.41) is 11.5. The lowest BCUT2D eigenvalue weighted by Crippen LogP contribution is -2.14. The monoisotopic (exact) mass is 462 g/mol. The van der Waals surface area contributed by atoms with Gasteiger partial charge in [0.05, 0.1) is 42.9 Å². The average Bonchev–Trinajstić information content (AvgIpc) is 3.46. The van der Waals surface area contributed by atoms with Crippen molar-refractivity contribution in [2.75, 3.05) is 19.5 Å². The van der Waals surface area contributed by atoms with Crippen LogP contribution in [0.3, 0.4) is 0 Å². The molecular weight excluding hydrogens is 440 g/mol. The first-order chi connectivity index (χ1) is 16.4. The number of ether oxygens (including phenoxy) is 2. The van der Waals surface area contributed by atoms with Crippen LogP contribution in [0.15, 0.2) is 42.9 Å². The summed E-state index contributed by atoms with van der Waals surface area (Å²) in [5.41, 5.74) is 3.38. The van der Waals surface area contributed by atoms with Crippen LogP contribution in [0.4, 0.5) is 5.69 Å². The molecule has 0 bridgehead atoms. The Morgan fingerprint density at radius 2 is 1.74 bits per heavy atom. The van der Waals surface area contributed by atoms with E-state index in [0.717, 1.165) is 23.5 Å². The molecule has 11 heteroatoms. The third-order valence-electron chi connectivity index (χ3n) is 5.23. The number of nitrogens with zero attached hydrogens (tertiary/aromatic N) is 5. The zero-order chi connectivity index (χ0) is 24.4. The van der Waals surface area contributed by atoms with E-state index in [4.69, 9.17) is 9.47 Å². The van der Waals surface area contributed by atoms with Crippen LogP contribution >= 0.6 is 0 Å². The van der Waals surface area contributed by atoms with E-state index in [2.05, 4.69) is 20.5 Å². The van der Waals surface area contributed by atoms with Crippen molar-refractivity contribution in [3.63, 3.8) is 0 Å². The fraction of sp³-hybridized carbons (Fsp3) is 0.217. The minimum atomic E-state index is -0.661. The van der Waals surface area contributed by atoms with Gasteiger partial charge in [0.25, 0.3) is 5.91 Å². The van der Waals surface area contributed by atoms with Gasteiger partial charge in [0, 0.05) is 30.2 Å². The predicted octanol–water partition coefficient (Wildman–Crippen LogP) is 2.75. The van der Waals surface area contributed by atoms with Gasteiger partial charge >= 0.3 is 11.9 Å². The fourth-order valence-corrected chi connectivity index (χ4v) is 3.56. The van der Waals surface area contributed by atoms with E-state index in [1.807, 2.05) is 24.7 Å². The molecule has 174 valence electrons. The third kappa shape index (κ3) is 4.10. The van der Waals surface area contributed by atoms with Gasteiger partial charge in [-0.2, -0.15) is 10.2 Å². The molecule has 1 N–H and O–H groups in total. The van der Waals surface area contributed by atoms with Crippen LogP contribution in [0.1, 0.15) is 43.7 Å². The first-order valence-electron chi connectivity index (χ1n) is 10.4. The number of esters is 2. The summed E-state index contributed by atoms with van der Waals surface area (Å²) in [6.07, 6.45) is 4.92. The zero-order valence-electron chi connectivity index (χ0n) is 19.0. The highest BCUT2D eigenvalue weighted by Crippen LogP contribution is 2.24. The molecule has 3 heterocycles. The summed E-state index contributed by atoms with van der Waals surface area (Å²) in [4.78, 5) is 41.5. The third-order valence-corrected chi connectivity index (χ3v) is 5.23. The molecule has 0 unspecified atom stereocenters. The van der Waals surface area contributed by atoms with Gasteiger partial charge < -0.3 is 14.8 Å². The van der Waals surface area contributed by atoms with Crippen molar-refractivity contribution in [1.29, 1.82) is 0 Å². The molecule has 0 saturated heterocycles. The van der Waals surface area contributed by atoms with E-state index in [1.165, 1.54) is 38.6 Å². The number of fused-ring (bicyclic) bond motifs is 1. The molecule has 0 radical (unpaired) electrons. The van der Waals surface area contributed by atoms with Crippen molar-refractivity contribution in [3.8, 4) is 11.3 Å². The van der Waals surface area contributed by atoms with Crippen LogP contribution in [0.25, 0.3) is 16.9 Å². The Balaban J connectivity index is 1.71. The second kappa shape index (κ2) is 9.14. The number of rotatable bonds is 6. The summed E-state index contributed by atoms with van der Waals surface area (Å²) in [6.45, 7) is 4.62. The fourth-order valence-electron chi connectivity index (χ4n) is 3.56. The maximum absolute atomic E-state index is 13.1. The number of benzene rings is 1. The van der Waals surface area contributed by atoms with Crippen LogP contribution in [0.2, 0.25) is 0 Å². The van der Waals surface area contributed by atoms with Crippen molar-refractivity contribution in [3.05, 3.63) is 65.2 Å². The number of nitrogens with one attached hydrogen (secondary N) is 1. The van der Waals surface area contributed by atoms with E-state index < -0.39 is 17.8 Å². The lowest BCUT2D eigenvalue weighted by Gasteiger charge is -2.09. The molecular formula is C23H22N6O5. The van der Waals surface area contributed by atoms with Crippen LogP contribution < -0.4 is 5.32 Å². The molecule has 0 aliphatic heterocycles. The van der Waals surface area contributed by atoms with E-state index in [0.29, 0.717) is 5.65 Å². The average molecular weight is 462 g/mol. The number of aryl methyl sites for hydroxylation is 2. The molecule has 0 saturated carbocycles. The quantitative estimate of drug-likeness (QED) is 0.433. The van der Waals surface area contributed by atoms with Crippen LogP contribution in [-0.4, -0.2) is 56.4 Å². The van der Waals surface area contributed by atoms with Crippen LogP contribution in [0.5, 0.6) is 0 Å². The van der Waals surface area contributed by atoms with Gasteiger partial charge in [-0.15, -0.1) is 0 Å². The van der Waals surface area contributed by atoms with E-state index in [1.54, 1.807) is 16.8 Å². The van der Waals surface area contributed by atoms with Gasteiger partial charge in [-0.3, -0.25) is 9.48 Å². The molecule has 1 amide bonds. The Labute approximate surface area is 194 Å². The zero-order valence-corrected chi connectivity index (χ0v) is 19.0. The summed E-state index contributed by atoms with van der Waals surface area (Å²) in [5.74, 6) is -1.84. The van der Waals surface area contributed by atoms with Crippen molar-refractivity contribution in [2.45, 2.75) is 20.4 Å². The molecule has 11 nitrogen and oxygen atoms in total. The molecule has 1 aromatic carbocycles. The van der Waals surface area contributed by atoms with E-state index in [-0.39, 0.29) is 22.4 Å². The van der Waals surface area contributed by atoms with Crippen LogP contribution in [-0.2, 0) is 16.0 Å². The molecule has 4 aromatic rings. The second-order valence-corrected chi connectivity index (χ2v) is 7.34. The molecule has 34 heavy (non-hydrogen) atoms. The Hall–Kier alpha value is -4.54. The molecule has 0 spiro atoms. The highest BCUT2D eigenvalue weighted by atomic mass is 16.5. The first-order valence-corrected chi connectivity index (χ1v) is 10.4. The molecule has 0 fully saturated rings. The minimum Gasteiger partial charge on any atom is -0.465 e. The van der Waals surface area contributed by atoms with Gasteiger partial charge in [-0.1, -0.05) is 0 Å². The molecule has 0 atom stereocenters. The largest absolute Gasteiger partial charge is 0.465 e. The number of carbonyl (C=O) groups is 3. The molecule has 3 aromatic heterocycles. The maximum atomic E-state index is 13.1. The van der Waals surface area contributed by atoms with Gasteiger partial charge in [0.15, 0.2) is 5.65 Å². The standard InChI is InChI=1S/C23H22N6O5/c1-5-28-12-18(13(2)27-28)19-6-7-24-20-17(11-25-29(19)20)21(30)26-16-9-14(22(31)33-3)8-15(10-16)23(32)34-4/h6-12H,5H2,1-4H3,(H,26,30). The Kier molecular flexibility index (Phi) is 6.09. The maximum Gasteiger partial charge on any atom is 0.337 e. The van der Waals surface area contributed by atoms with Crippen molar-refractivity contribution in [1.82, 2.24) is 24.4 Å². The summed E-state index contributed by atoms with van der Waals surface area (Å²) < 4.78 is 12.9. The van der Waals surface area contributed by atoms with Crippen LogP contribution in [0, 0.1) is 6.92 Å². The number of carbonyl (C=O) groups excluding carboxylic acids is 3. The minimum absolute atomic E-state index is 0.0874. The van der Waals surface area contributed by atoms with Crippen molar-refractivity contribution in [2.24, 2.45) is 0 Å². The predicted molar refractivity (Wildman–Crippen MR) is 122 cm³/mol. The summed E-state index contributed by atoms with van der Waals surface area (Å²) in [7, 11) is 2.44. The van der Waals surface area contributed by atoms with Crippen molar-refractivity contribution >= 4 is 29.2 Å². The number of hydrogen-bond acceptors (Lipinski definition) is 8. The molecule has 4 rings (SSSR count). The number of hydrogen-bond donors (Lipinski definition) is 1.